The topological polar surface area (TPSA) is 104 Å². The lowest BCUT2D eigenvalue weighted by Gasteiger charge is -2.12. The average molecular weight is 427 g/mol. The van der Waals surface area contributed by atoms with Gasteiger partial charge in [0.05, 0.1) is 10.6 Å². The number of carbonyl (C=O) groups excluding carboxylic acids is 2. The molecule has 3 rings (SSSR count). The lowest BCUT2D eigenvalue weighted by molar-refractivity contribution is 0.0846. The van der Waals surface area contributed by atoms with Crippen molar-refractivity contribution >= 4 is 27.5 Å². The van der Waals surface area contributed by atoms with E-state index in [2.05, 4.69) is 15.6 Å². The summed E-state index contributed by atoms with van der Waals surface area (Å²) in [6.07, 6.45) is 0. The SMILES string of the molecule is Cc1ccc(S(=O)(=O)Nc2ccccc2F)cc1C(=O)NNC(=O)c1ccccc1. The maximum absolute atomic E-state index is 13.8. The van der Waals surface area contributed by atoms with E-state index in [1.807, 2.05) is 0 Å². The van der Waals surface area contributed by atoms with Crippen LogP contribution in [-0.4, -0.2) is 20.2 Å². The van der Waals surface area contributed by atoms with E-state index in [1.54, 1.807) is 37.3 Å². The number of hydrogen-bond donors (Lipinski definition) is 3. The molecule has 3 aromatic carbocycles. The Morgan fingerprint density at radius 1 is 0.833 bits per heavy atom. The number of hydrazine groups is 1. The van der Waals surface area contributed by atoms with Crippen molar-refractivity contribution in [3.63, 3.8) is 0 Å². The van der Waals surface area contributed by atoms with Crippen molar-refractivity contribution in [2.45, 2.75) is 11.8 Å². The van der Waals surface area contributed by atoms with Gasteiger partial charge in [-0.15, -0.1) is 0 Å². The predicted molar refractivity (Wildman–Crippen MR) is 110 cm³/mol. The van der Waals surface area contributed by atoms with E-state index in [4.69, 9.17) is 0 Å². The fraction of sp³-hybridized carbons (Fsp3) is 0.0476. The molecule has 2 amide bonds. The molecule has 0 unspecified atom stereocenters. The van der Waals surface area contributed by atoms with Crippen molar-refractivity contribution in [3.8, 4) is 0 Å². The van der Waals surface area contributed by atoms with E-state index in [0.717, 1.165) is 12.1 Å². The van der Waals surface area contributed by atoms with Crippen molar-refractivity contribution in [1.82, 2.24) is 10.9 Å². The summed E-state index contributed by atoms with van der Waals surface area (Å²) in [5, 5.41) is 0. The third-order valence-corrected chi connectivity index (χ3v) is 5.57. The summed E-state index contributed by atoms with van der Waals surface area (Å²) in [5.74, 6) is -1.94. The number of benzene rings is 3. The van der Waals surface area contributed by atoms with Gasteiger partial charge < -0.3 is 0 Å². The van der Waals surface area contributed by atoms with Gasteiger partial charge in [0.1, 0.15) is 5.82 Å². The number of para-hydroxylation sites is 1. The van der Waals surface area contributed by atoms with E-state index in [9.17, 15) is 22.4 Å². The molecule has 0 saturated carbocycles. The van der Waals surface area contributed by atoms with Gasteiger partial charge in [0.25, 0.3) is 21.8 Å². The molecule has 0 fully saturated rings. The number of aryl methyl sites for hydroxylation is 1. The zero-order valence-electron chi connectivity index (χ0n) is 15.8. The zero-order valence-corrected chi connectivity index (χ0v) is 16.7. The Morgan fingerprint density at radius 3 is 2.17 bits per heavy atom. The van der Waals surface area contributed by atoms with Crippen LogP contribution in [0.25, 0.3) is 0 Å². The molecule has 0 bridgehead atoms. The summed E-state index contributed by atoms with van der Waals surface area (Å²) >= 11 is 0. The molecule has 0 aliphatic rings. The first-order valence-corrected chi connectivity index (χ1v) is 10.3. The standard InChI is InChI=1S/C21H18FN3O4S/c1-14-11-12-16(30(28,29)25-19-10-6-5-9-18(19)22)13-17(14)21(27)24-23-20(26)15-7-3-2-4-8-15/h2-13,25H,1H3,(H,23,26)(H,24,27). The minimum absolute atomic E-state index is 0.0415. The summed E-state index contributed by atoms with van der Waals surface area (Å²) in [4.78, 5) is 24.3. The second kappa shape index (κ2) is 8.75. The van der Waals surface area contributed by atoms with Crippen LogP contribution >= 0.6 is 0 Å². The number of anilines is 1. The molecule has 0 atom stereocenters. The van der Waals surface area contributed by atoms with Gasteiger partial charge >= 0.3 is 0 Å². The van der Waals surface area contributed by atoms with Crippen molar-refractivity contribution in [3.05, 3.63) is 95.3 Å². The van der Waals surface area contributed by atoms with Crippen molar-refractivity contribution in [2.75, 3.05) is 4.72 Å². The van der Waals surface area contributed by atoms with Crippen LogP contribution in [0, 0.1) is 12.7 Å². The highest BCUT2D eigenvalue weighted by Crippen LogP contribution is 2.21. The minimum atomic E-state index is -4.14. The molecule has 0 spiro atoms. The van der Waals surface area contributed by atoms with Gasteiger partial charge in [-0.2, -0.15) is 0 Å². The van der Waals surface area contributed by atoms with Crippen LogP contribution in [0.15, 0.2) is 77.7 Å². The number of amides is 2. The van der Waals surface area contributed by atoms with Crippen molar-refractivity contribution in [2.24, 2.45) is 0 Å². The fourth-order valence-electron chi connectivity index (χ4n) is 2.60. The number of hydrogen-bond acceptors (Lipinski definition) is 4. The smallest absolute Gasteiger partial charge is 0.270 e. The zero-order chi connectivity index (χ0) is 21.7. The van der Waals surface area contributed by atoms with Gasteiger partial charge in [0.2, 0.25) is 0 Å². The largest absolute Gasteiger partial charge is 0.277 e. The molecule has 0 aliphatic carbocycles. The fourth-order valence-corrected chi connectivity index (χ4v) is 3.70. The summed E-state index contributed by atoms with van der Waals surface area (Å²) in [7, 11) is -4.14. The molecular formula is C21H18FN3O4S. The summed E-state index contributed by atoms with van der Waals surface area (Å²) < 4.78 is 41.2. The molecule has 9 heteroatoms. The van der Waals surface area contributed by atoms with Crippen LogP contribution in [0.1, 0.15) is 26.3 Å². The number of carbonyl (C=O) groups is 2. The molecule has 3 aromatic rings. The Hall–Kier alpha value is -3.72. The van der Waals surface area contributed by atoms with Crippen LogP contribution in [0.2, 0.25) is 0 Å². The number of rotatable bonds is 5. The lowest BCUT2D eigenvalue weighted by Crippen LogP contribution is -2.41. The second-order valence-electron chi connectivity index (χ2n) is 6.34. The minimum Gasteiger partial charge on any atom is -0.277 e. The highest BCUT2D eigenvalue weighted by Gasteiger charge is 2.20. The molecule has 154 valence electrons. The van der Waals surface area contributed by atoms with Gasteiger partial charge in [-0.05, 0) is 48.9 Å². The molecular weight excluding hydrogens is 409 g/mol. The monoisotopic (exact) mass is 427 g/mol. The molecule has 7 nitrogen and oxygen atoms in total. The first-order chi connectivity index (χ1) is 14.3. The molecule has 0 saturated heterocycles. The quantitative estimate of drug-likeness (QED) is 0.545. The van der Waals surface area contributed by atoms with Gasteiger partial charge in [-0.25, -0.2) is 12.8 Å². The second-order valence-corrected chi connectivity index (χ2v) is 8.02. The Morgan fingerprint density at radius 2 is 1.47 bits per heavy atom. The highest BCUT2D eigenvalue weighted by atomic mass is 32.2. The maximum Gasteiger partial charge on any atom is 0.270 e. The van der Waals surface area contributed by atoms with E-state index in [1.165, 1.54) is 30.3 Å². The molecule has 0 heterocycles. The molecule has 0 radical (unpaired) electrons. The van der Waals surface area contributed by atoms with Crippen LogP contribution in [0.4, 0.5) is 10.1 Å². The van der Waals surface area contributed by atoms with Gasteiger partial charge in [0, 0.05) is 11.1 Å². The Balaban J connectivity index is 1.78. The first kappa shape index (κ1) is 21.0. The summed E-state index contributed by atoms with van der Waals surface area (Å²) in [6.45, 7) is 1.62. The van der Waals surface area contributed by atoms with Gasteiger partial charge in [-0.3, -0.25) is 25.2 Å². The van der Waals surface area contributed by atoms with Gasteiger partial charge in [0.15, 0.2) is 0 Å². The van der Waals surface area contributed by atoms with E-state index in [0.29, 0.717) is 11.1 Å². The third-order valence-electron chi connectivity index (χ3n) is 4.21. The van der Waals surface area contributed by atoms with Gasteiger partial charge in [-0.1, -0.05) is 36.4 Å². The Labute approximate surface area is 173 Å². The third kappa shape index (κ3) is 4.81. The summed E-state index contributed by atoms with van der Waals surface area (Å²) in [6, 6.07) is 17.5. The number of sulfonamides is 1. The highest BCUT2D eigenvalue weighted by molar-refractivity contribution is 7.92. The molecule has 0 aromatic heterocycles. The van der Waals surface area contributed by atoms with Crippen molar-refractivity contribution in [1.29, 1.82) is 0 Å². The number of nitrogens with one attached hydrogen (secondary N) is 3. The lowest BCUT2D eigenvalue weighted by atomic mass is 10.1. The van der Waals surface area contributed by atoms with E-state index in [-0.39, 0.29) is 16.1 Å². The molecule has 0 aliphatic heterocycles. The first-order valence-electron chi connectivity index (χ1n) is 8.81. The average Bonchev–Trinajstić information content (AvgIpc) is 2.74. The van der Waals surface area contributed by atoms with E-state index >= 15 is 0 Å². The normalized spacial score (nSPS) is 10.9. The van der Waals surface area contributed by atoms with E-state index < -0.39 is 27.7 Å². The van der Waals surface area contributed by atoms with Crippen LogP contribution in [-0.2, 0) is 10.0 Å². The molecule has 30 heavy (non-hydrogen) atoms. The van der Waals surface area contributed by atoms with Crippen LogP contribution in [0.5, 0.6) is 0 Å². The predicted octanol–water partition coefficient (Wildman–Crippen LogP) is 3.01. The van der Waals surface area contributed by atoms with Crippen molar-refractivity contribution < 1.29 is 22.4 Å². The van der Waals surface area contributed by atoms with Crippen LogP contribution < -0.4 is 15.6 Å². The Kier molecular flexibility index (Phi) is 6.12. The molecule has 3 N–H and O–H groups in total. The number of halogens is 1. The maximum atomic E-state index is 13.8. The Bertz CT molecular complexity index is 1200. The summed E-state index contributed by atoms with van der Waals surface area (Å²) in [5.41, 5.74) is 5.21. The van der Waals surface area contributed by atoms with Crippen LogP contribution in [0.3, 0.4) is 0 Å².